The van der Waals surface area contributed by atoms with Crippen molar-refractivity contribution in [1.29, 1.82) is 0 Å². The van der Waals surface area contributed by atoms with Gasteiger partial charge in [-0.15, -0.1) is 22.7 Å². The van der Waals surface area contributed by atoms with E-state index in [4.69, 9.17) is 9.47 Å². The Hall–Kier alpha value is -1.25. The Morgan fingerprint density at radius 1 is 1.15 bits per heavy atom. The highest BCUT2D eigenvalue weighted by atomic mass is 32.1. The van der Waals surface area contributed by atoms with Crippen LogP contribution in [-0.4, -0.2) is 60.0 Å². The largest absolute Gasteiger partial charge is 0.459 e. The van der Waals surface area contributed by atoms with Crippen molar-refractivity contribution in [3.8, 4) is 0 Å². The SMILES string of the molecule is C.C[N+]1(C)C2CC(OC(=O)C(O)(c3cccs3)c3cccs3)CC1C1OC12. The first-order valence-corrected chi connectivity index (χ1v) is 10.7. The van der Waals surface area contributed by atoms with Crippen LogP contribution >= 0.6 is 22.7 Å². The summed E-state index contributed by atoms with van der Waals surface area (Å²) in [4.78, 5) is 14.3. The van der Waals surface area contributed by atoms with Crippen LogP contribution in [0.1, 0.15) is 30.0 Å². The van der Waals surface area contributed by atoms with E-state index in [0.717, 1.165) is 17.3 Å². The first-order valence-electron chi connectivity index (χ1n) is 8.92. The van der Waals surface area contributed by atoms with Crippen LogP contribution in [-0.2, 0) is 19.9 Å². The molecule has 146 valence electrons. The van der Waals surface area contributed by atoms with Gasteiger partial charge in [0.05, 0.1) is 23.8 Å². The zero-order chi connectivity index (χ0) is 18.1. The third-order valence-corrected chi connectivity index (χ3v) is 8.32. The number of hydrogen-bond acceptors (Lipinski definition) is 6. The minimum Gasteiger partial charge on any atom is -0.459 e. The van der Waals surface area contributed by atoms with Crippen LogP contribution in [0.15, 0.2) is 35.0 Å². The lowest BCUT2D eigenvalue weighted by Crippen LogP contribution is -2.60. The van der Waals surface area contributed by atoms with E-state index in [-0.39, 0.29) is 13.5 Å². The van der Waals surface area contributed by atoms with Crippen molar-refractivity contribution in [3.63, 3.8) is 0 Å². The summed E-state index contributed by atoms with van der Waals surface area (Å²) >= 11 is 2.74. The first kappa shape index (κ1) is 19.1. The van der Waals surface area contributed by atoms with E-state index >= 15 is 0 Å². The van der Waals surface area contributed by atoms with E-state index in [0.29, 0.717) is 34.0 Å². The fraction of sp³-hybridized carbons (Fsp3) is 0.550. The van der Waals surface area contributed by atoms with Gasteiger partial charge in [-0.25, -0.2) is 4.79 Å². The van der Waals surface area contributed by atoms with Gasteiger partial charge in [0, 0.05) is 12.8 Å². The normalized spacial score (nSPS) is 33.1. The molecule has 2 aromatic heterocycles. The monoisotopic (exact) mass is 408 g/mol. The van der Waals surface area contributed by atoms with Gasteiger partial charge >= 0.3 is 5.97 Å². The lowest BCUT2D eigenvalue weighted by molar-refractivity contribution is -0.938. The van der Waals surface area contributed by atoms with E-state index in [9.17, 15) is 9.90 Å². The number of likely N-dealkylation sites (N-methyl/N-ethyl adjacent to an activating group) is 1. The average molecular weight is 409 g/mol. The molecule has 5 nitrogen and oxygen atoms in total. The molecular weight excluding hydrogens is 382 g/mol. The van der Waals surface area contributed by atoms with Crippen molar-refractivity contribution in [2.24, 2.45) is 0 Å². The summed E-state index contributed by atoms with van der Waals surface area (Å²) in [5.41, 5.74) is -1.72. The van der Waals surface area contributed by atoms with Crippen molar-refractivity contribution in [3.05, 3.63) is 44.8 Å². The molecule has 5 heterocycles. The van der Waals surface area contributed by atoms with Crippen LogP contribution in [0.25, 0.3) is 0 Å². The van der Waals surface area contributed by atoms with Crippen LogP contribution in [0, 0.1) is 0 Å². The maximum Gasteiger partial charge on any atom is 0.349 e. The fourth-order valence-electron chi connectivity index (χ4n) is 4.83. The summed E-state index contributed by atoms with van der Waals surface area (Å²) < 4.78 is 12.6. The number of piperidine rings is 1. The molecule has 3 aliphatic heterocycles. The van der Waals surface area contributed by atoms with Crippen LogP contribution in [0.3, 0.4) is 0 Å². The van der Waals surface area contributed by atoms with E-state index in [1.807, 2.05) is 22.9 Å². The van der Waals surface area contributed by atoms with Gasteiger partial charge in [0.25, 0.3) is 0 Å². The third kappa shape index (κ3) is 2.71. The van der Waals surface area contributed by atoms with Crippen molar-refractivity contribution in [2.45, 2.75) is 56.3 Å². The van der Waals surface area contributed by atoms with Crippen molar-refractivity contribution in [2.75, 3.05) is 14.1 Å². The van der Waals surface area contributed by atoms with Gasteiger partial charge in [0.1, 0.15) is 30.4 Å². The molecule has 3 fully saturated rings. The molecule has 0 amide bonds. The molecule has 2 bridgehead atoms. The number of nitrogens with zero attached hydrogens (tertiary/aromatic N) is 1. The maximum absolute atomic E-state index is 13.1. The second kappa shape index (κ2) is 6.39. The lowest BCUT2D eigenvalue weighted by atomic mass is 9.95. The molecule has 5 rings (SSSR count). The Kier molecular flexibility index (Phi) is 4.51. The topological polar surface area (TPSA) is 59.1 Å². The molecule has 0 saturated carbocycles. The summed E-state index contributed by atoms with van der Waals surface area (Å²) in [6, 6.07) is 8.01. The molecule has 4 atom stereocenters. The van der Waals surface area contributed by atoms with Crippen LogP contribution < -0.4 is 0 Å². The Labute approximate surface area is 167 Å². The smallest absolute Gasteiger partial charge is 0.349 e. The number of quaternary nitrogens is 1. The molecule has 0 radical (unpaired) electrons. The van der Waals surface area contributed by atoms with Crippen molar-refractivity contribution < 1.29 is 23.9 Å². The number of rotatable bonds is 4. The maximum atomic E-state index is 13.1. The number of aliphatic hydroxyl groups is 1. The highest BCUT2D eigenvalue weighted by Gasteiger charge is 2.71. The second-order valence-electron chi connectivity index (χ2n) is 7.99. The number of fused-ring (bicyclic) bond motifs is 5. The number of epoxide rings is 1. The van der Waals surface area contributed by atoms with Gasteiger partial charge in [-0.1, -0.05) is 19.6 Å². The Morgan fingerprint density at radius 2 is 1.67 bits per heavy atom. The summed E-state index contributed by atoms with van der Waals surface area (Å²) in [6.07, 6.45) is 2.05. The zero-order valence-electron chi connectivity index (χ0n) is 14.7. The van der Waals surface area contributed by atoms with Gasteiger partial charge in [-0.2, -0.15) is 0 Å². The molecule has 3 aliphatic rings. The molecule has 2 aromatic rings. The quantitative estimate of drug-likeness (QED) is 0.480. The molecule has 7 heteroatoms. The second-order valence-corrected chi connectivity index (χ2v) is 9.89. The van der Waals surface area contributed by atoms with E-state index in [2.05, 4.69) is 14.1 Å². The van der Waals surface area contributed by atoms with Crippen LogP contribution in [0.5, 0.6) is 0 Å². The van der Waals surface area contributed by atoms with Gasteiger partial charge in [-0.3, -0.25) is 0 Å². The first-order chi connectivity index (χ1) is 12.4. The Bertz CT molecular complexity index is 763. The molecule has 27 heavy (non-hydrogen) atoms. The fourth-order valence-corrected chi connectivity index (χ4v) is 6.54. The van der Waals surface area contributed by atoms with Crippen molar-refractivity contribution in [1.82, 2.24) is 0 Å². The minimum atomic E-state index is -1.72. The number of esters is 1. The van der Waals surface area contributed by atoms with E-state index < -0.39 is 11.6 Å². The number of hydrogen-bond donors (Lipinski definition) is 1. The molecule has 1 N–H and O–H groups in total. The van der Waals surface area contributed by atoms with Gasteiger partial charge < -0.3 is 19.1 Å². The molecular formula is C20H26NO4S2+. The van der Waals surface area contributed by atoms with Crippen molar-refractivity contribution >= 4 is 28.6 Å². The lowest BCUT2D eigenvalue weighted by Gasteiger charge is -2.45. The minimum absolute atomic E-state index is 0. The summed E-state index contributed by atoms with van der Waals surface area (Å²) in [7, 11) is 4.49. The number of carbonyl (C=O) groups excluding carboxylic acids is 1. The van der Waals surface area contributed by atoms with E-state index in [1.165, 1.54) is 22.7 Å². The summed E-state index contributed by atoms with van der Waals surface area (Å²) in [6.45, 7) is 0. The van der Waals surface area contributed by atoms with Gasteiger partial charge in [0.2, 0.25) is 5.60 Å². The molecule has 0 aliphatic carbocycles. The third-order valence-electron chi connectivity index (χ3n) is 6.36. The number of carbonyl (C=O) groups is 1. The predicted octanol–water partition coefficient (Wildman–Crippen LogP) is 2.98. The van der Waals surface area contributed by atoms with Crippen LogP contribution in [0.4, 0.5) is 0 Å². The molecule has 0 spiro atoms. The number of thiophene rings is 2. The van der Waals surface area contributed by atoms with Gasteiger partial charge in [-0.05, 0) is 22.9 Å². The zero-order valence-corrected chi connectivity index (χ0v) is 16.3. The Morgan fingerprint density at radius 3 is 2.11 bits per heavy atom. The molecule has 4 unspecified atom stereocenters. The predicted molar refractivity (Wildman–Crippen MR) is 106 cm³/mol. The number of morpholine rings is 1. The summed E-state index contributed by atoms with van der Waals surface area (Å²) in [5, 5.41) is 15.1. The standard InChI is InChI=1S/C19H22NO4S2.CH4/c1-20(2)12-9-11(10-13(20)17-16(12)24-17)23-18(21)19(22,14-5-3-7-25-14)15-6-4-8-26-15;/h3-8,11-13,16-17,22H,9-10H2,1-2H3;1H4/q+1;. The molecule has 3 saturated heterocycles. The summed E-state index contributed by atoms with van der Waals surface area (Å²) in [5.74, 6) is -0.561. The number of ether oxygens (including phenoxy) is 2. The average Bonchev–Trinajstić information content (AvgIpc) is 2.98. The highest BCUT2D eigenvalue weighted by Crippen LogP contribution is 2.52. The molecule has 0 aromatic carbocycles. The Balaban J connectivity index is 0.00000180. The highest BCUT2D eigenvalue weighted by molar-refractivity contribution is 7.12. The van der Waals surface area contributed by atoms with Gasteiger partial charge in [0.15, 0.2) is 0 Å². The van der Waals surface area contributed by atoms with E-state index in [1.54, 1.807) is 12.1 Å². The van der Waals surface area contributed by atoms with Crippen LogP contribution in [0.2, 0.25) is 0 Å².